The molecule has 0 aliphatic carbocycles. The summed E-state index contributed by atoms with van der Waals surface area (Å²) in [6, 6.07) is 21.0. The molecule has 6 aromatic rings. The van der Waals surface area contributed by atoms with Crippen LogP contribution in [0.2, 0.25) is 0 Å². The smallest absolute Gasteiger partial charge is 0.371 e. The van der Waals surface area contributed by atoms with Crippen LogP contribution >= 0.6 is 0 Å². The molecule has 15 heteroatoms. The third kappa shape index (κ3) is 6.49. The van der Waals surface area contributed by atoms with Gasteiger partial charge in [0.05, 0.1) is 23.1 Å². The maximum absolute atomic E-state index is 13.6. The fourth-order valence-corrected chi connectivity index (χ4v) is 6.13. The van der Waals surface area contributed by atoms with Crippen LogP contribution in [0.15, 0.2) is 85.3 Å². The summed E-state index contributed by atoms with van der Waals surface area (Å²) in [5.41, 5.74) is 11.1. The number of likely N-dealkylation sites (tertiary alicyclic amines) is 1. The van der Waals surface area contributed by atoms with Gasteiger partial charge in [-0.2, -0.15) is 5.26 Å². The molecule has 1 fully saturated rings. The number of nitriles is 1. The lowest BCUT2D eigenvalue weighted by Gasteiger charge is -2.42. The SMILES string of the molecule is N#Cc1nccc(N(C2CCN(Cc3ccc(-n4c(-c5cccnc5N)nc5ccc(-c6ccc(F)cn6)nc54)cc3)CC2)C(O)(O)O)n1. The molecule has 1 saturated heterocycles. The molecule has 1 aliphatic rings. The number of aromatic nitrogens is 7. The number of pyridine rings is 3. The molecule has 0 atom stereocenters. The monoisotopic (exact) mass is 659 g/mol. The van der Waals surface area contributed by atoms with Crippen molar-refractivity contribution in [3.8, 4) is 34.5 Å². The Bertz CT molecular complexity index is 2150. The molecule has 246 valence electrons. The van der Waals surface area contributed by atoms with Crippen LogP contribution in [-0.2, 0) is 6.54 Å². The summed E-state index contributed by atoms with van der Waals surface area (Å²) in [7, 11) is 0. The summed E-state index contributed by atoms with van der Waals surface area (Å²) in [6.07, 6.45) is 1.94. The zero-order chi connectivity index (χ0) is 34.1. The van der Waals surface area contributed by atoms with E-state index in [1.165, 1.54) is 18.3 Å². The topological polar surface area (TPSA) is 199 Å². The maximum atomic E-state index is 13.6. The lowest BCUT2D eigenvalue weighted by atomic mass is 10.0. The van der Waals surface area contributed by atoms with Gasteiger partial charge in [0.15, 0.2) is 11.5 Å². The predicted molar refractivity (Wildman–Crippen MR) is 177 cm³/mol. The van der Waals surface area contributed by atoms with E-state index in [2.05, 4.69) is 24.8 Å². The fourth-order valence-electron chi connectivity index (χ4n) is 6.13. The van der Waals surface area contributed by atoms with E-state index in [4.69, 9.17) is 15.7 Å². The van der Waals surface area contributed by atoms with E-state index in [0.29, 0.717) is 72.2 Å². The first-order chi connectivity index (χ1) is 23.7. The molecule has 5 aromatic heterocycles. The average molecular weight is 660 g/mol. The summed E-state index contributed by atoms with van der Waals surface area (Å²) in [4.78, 5) is 29.3. The minimum atomic E-state index is -3.16. The molecule has 1 aliphatic heterocycles. The largest absolute Gasteiger partial charge is 0.383 e. The van der Waals surface area contributed by atoms with Gasteiger partial charge in [-0.05, 0) is 73.0 Å². The Kier molecular flexibility index (Phi) is 8.36. The Morgan fingerprint density at radius 1 is 0.898 bits per heavy atom. The number of fused-ring (bicyclic) bond motifs is 1. The predicted octanol–water partition coefficient (Wildman–Crippen LogP) is 2.99. The summed E-state index contributed by atoms with van der Waals surface area (Å²) in [6.45, 7) is 1.85. The molecule has 5 N–H and O–H groups in total. The molecule has 1 aromatic carbocycles. The van der Waals surface area contributed by atoms with Crippen molar-refractivity contribution in [2.75, 3.05) is 23.7 Å². The van der Waals surface area contributed by atoms with E-state index in [-0.39, 0.29) is 11.6 Å². The third-order valence-corrected chi connectivity index (χ3v) is 8.41. The second-order valence-electron chi connectivity index (χ2n) is 11.6. The van der Waals surface area contributed by atoms with Gasteiger partial charge in [-0.3, -0.25) is 19.4 Å². The summed E-state index contributed by atoms with van der Waals surface area (Å²) in [5.74, 6) is 0.353. The number of hydrogen-bond donors (Lipinski definition) is 4. The van der Waals surface area contributed by atoms with Crippen LogP contribution in [0.5, 0.6) is 0 Å². The van der Waals surface area contributed by atoms with Crippen molar-refractivity contribution in [3.05, 3.63) is 103 Å². The number of benzene rings is 1. The van der Waals surface area contributed by atoms with Gasteiger partial charge >= 0.3 is 6.10 Å². The highest BCUT2D eigenvalue weighted by atomic mass is 19.1. The number of nitrogens with two attached hydrogens (primary N) is 1. The number of imidazole rings is 1. The highest BCUT2D eigenvalue weighted by Crippen LogP contribution is 2.32. The van der Waals surface area contributed by atoms with E-state index in [0.717, 1.165) is 22.3 Å². The van der Waals surface area contributed by atoms with Crippen molar-refractivity contribution in [2.24, 2.45) is 0 Å². The van der Waals surface area contributed by atoms with E-state index < -0.39 is 18.0 Å². The molecule has 0 unspecified atom stereocenters. The number of hydrogen-bond acceptors (Lipinski definition) is 13. The van der Waals surface area contributed by atoms with Gasteiger partial charge < -0.3 is 21.1 Å². The molecular formula is C34H30FN11O3. The quantitative estimate of drug-likeness (QED) is 0.174. The summed E-state index contributed by atoms with van der Waals surface area (Å²) < 4.78 is 15.5. The standard InChI is InChI=1S/C34H30FN11O3/c35-22-5-8-26(40-19-22)27-9-10-28-33(41-27)45(32(42-28)25-2-1-14-39-31(25)37)23-6-3-21(4-7-23)20-44-16-12-24(13-17-44)46(34(47,48)49)30-11-15-38-29(18-36)43-30/h1-11,14-15,19,24,47-49H,12-13,16-17,20H2,(H2,37,39). The van der Waals surface area contributed by atoms with E-state index in [1.54, 1.807) is 24.4 Å². The number of piperidine rings is 1. The Hall–Kier alpha value is -5.92. The fraction of sp³-hybridized carbons (Fsp3) is 0.206. The zero-order valence-corrected chi connectivity index (χ0v) is 26.0. The van der Waals surface area contributed by atoms with Gasteiger partial charge in [-0.25, -0.2) is 29.3 Å². The molecule has 6 heterocycles. The van der Waals surface area contributed by atoms with Crippen LogP contribution in [0.3, 0.4) is 0 Å². The maximum Gasteiger partial charge on any atom is 0.371 e. The van der Waals surface area contributed by atoms with Crippen LogP contribution in [0.4, 0.5) is 16.0 Å². The van der Waals surface area contributed by atoms with E-state index in [9.17, 15) is 25.0 Å². The van der Waals surface area contributed by atoms with Crippen molar-refractivity contribution < 1.29 is 19.7 Å². The molecule has 0 spiro atoms. The Morgan fingerprint density at radius 2 is 1.67 bits per heavy atom. The van der Waals surface area contributed by atoms with Gasteiger partial charge in [-0.1, -0.05) is 12.1 Å². The number of anilines is 2. The van der Waals surface area contributed by atoms with Gasteiger partial charge in [0.2, 0.25) is 5.82 Å². The second-order valence-corrected chi connectivity index (χ2v) is 11.6. The Labute approximate surface area is 279 Å². The van der Waals surface area contributed by atoms with Gasteiger partial charge in [0.1, 0.15) is 29.0 Å². The molecule has 0 amide bonds. The summed E-state index contributed by atoms with van der Waals surface area (Å²) >= 11 is 0. The number of nitrogens with zero attached hydrogens (tertiary/aromatic N) is 10. The van der Waals surface area contributed by atoms with Crippen molar-refractivity contribution in [1.29, 1.82) is 5.26 Å². The lowest BCUT2D eigenvalue weighted by molar-refractivity contribution is -0.314. The molecular weight excluding hydrogens is 629 g/mol. The van der Waals surface area contributed by atoms with Crippen molar-refractivity contribution in [3.63, 3.8) is 0 Å². The molecule has 49 heavy (non-hydrogen) atoms. The molecule has 0 saturated carbocycles. The van der Waals surface area contributed by atoms with Crippen LogP contribution < -0.4 is 10.6 Å². The van der Waals surface area contributed by atoms with Crippen LogP contribution in [0.1, 0.15) is 24.2 Å². The summed E-state index contributed by atoms with van der Waals surface area (Å²) in [5, 5.41) is 39.6. The van der Waals surface area contributed by atoms with Crippen molar-refractivity contribution in [2.45, 2.75) is 31.5 Å². The van der Waals surface area contributed by atoms with Crippen molar-refractivity contribution in [1.82, 2.24) is 39.4 Å². The highest BCUT2D eigenvalue weighted by molar-refractivity contribution is 5.84. The first-order valence-corrected chi connectivity index (χ1v) is 15.4. The average Bonchev–Trinajstić information content (AvgIpc) is 3.48. The number of aliphatic hydroxyl groups is 3. The number of nitrogen functional groups attached to an aromatic ring is 1. The molecule has 14 nitrogen and oxygen atoms in total. The van der Waals surface area contributed by atoms with Crippen LogP contribution in [0.25, 0.3) is 39.6 Å². The normalized spacial score (nSPS) is 14.2. The van der Waals surface area contributed by atoms with Crippen molar-refractivity contribution >= 4 is 22.8 Å². The zero-order valence-electron chi connectivity index (χ0n) is 26.0. The number of rotatable bonds is 8. The minimum absolute atomic E-state index is 0.0445. The molecule has 0 bridgehead atoms. The Balaban J connectivity index is 1.14. The van der Waals surface area contributed by atoms with Gasteiger partial charge in [-0.15, -0.1) is 0 Å². The van der Waals surface area contributed by atoms with E-state index in [1.807, 2.05) is 47.0 Å². The van der Waals surface area contributed by atoms with Crippen LogP contribution in [-0.4, -0.2) is 79.9 Å². The van der Waals surface area contributed by atoms with Gasteiger partial charge in [0.25, 0.3) is 0 Å². The van der Waals surface area contributed by atoms with Crippen LogP contribution in [0, 0.1) is 17.1 Å². The second kappa shape index (κ2) is 12.9. The first-order valence-electron chi connectivity index (χ1n) is 15.4. The number of halogens is 1. The lowest BCUT2D eigenvalue weighted by Crippen LogP contribution is -2.57. The third-order valence-electron chi connectivity index (χ3n) is 8.41. The molecule has 7 rings (SSSR count). The minimum Gasteiger partial charge on any atom is -0.383 e. The Morgan fingerprint density at radius 3 is 2.37 bits per heavy atom. The van der Waals surface area contributed by atoms with E-state index >= 15 is 0 Å². The van der Waals surface area contributed by atoms with Gasteiger partial charge in [0, 0.05) is 43.8 Å². The molecule has 0 radical (unpaired) electrons. The highest BCUT2D eigenvalue weighted by Gasteiger charge is 2.38. The first kappa shape index (κ1) is 31.7.